The van der Waals surface area contributed by atoms with Crippen molar-refractivity contribution in [3.05, 3.63) is 98.7 Å². The highest BCUT2D eigenvalue weighted by Gasteiger charge is 2.35. The fourth-order valence-corrected chi connectivity index (χ4v) is 4.55. The monoisotopic (exact) mass is 524 g/mol. The van der Waals surface area contributed by atoms with Gasteiger partial charge in [-0.3, -0.25) is 19.3 Å². The Hall–Kier alpha value is -3.62. The van der Waals surface area contributed by atoms with Gasteiger partial charge in [-0.1, -0.05) is 35.9 Å². The van der Waals surface area contributed by atoms with Crippen LogP contribution in [0.1, 0.15) is 22.3 Å². The Morgan fingerprint density at radius 3 is 2.61 bits per heavy atom. The van der Waals surface area contributed by atoms with E-state index in [1.165, 1.54) is 18.2 Å². The molecule has 1 aliphatic heterocycles. The summed E-state index contributed by atoms with van der Waals surface area (Å²) in [7, 11) is 0. The Bertz CT molecular complexity index is 1370. The third-order valence-electron chi connectivity index (χ3n) is 5.57. The zero-order valence-electron chi connectivity index (χ0n) is 19.5. The number of halogens is 2. The van der Waals surface area contributed by atoms with E-state index in [9.17, 15) is 18.8 Å². The van der Waals surface area contributed by atoms with Gasteiger partial charge in [-0.25, -0.2) is 4.39 Å². The molecule has 0 atom stereocenters. The number of hydrogen-bond acceptors (Lipinski definition) is 5. The Kier molecular flexibility index (Phi) is 7.76. The minimum absolute atomic E-state index is 0.0807. The van der Waals surface area contributed by atoms with Crippen molar-refractivity contribution in [2.75, 3.05) is 11.9 Å². The molecule has 1 N–H and O–H groups in total. The van der Waals surface area contributed by atoms with E-state index in [1.807, 2.05) is 32.0 Å². The molecule has 3 aromatic carbocycles. The molecule has 1 fully saturated rings. The van der Waals surface area contributed by atoms with Gasteiger partial charge in [0, 0.05) is 16.3 Å². The van der Waals surface area contributed by atoms with Crippen molar-refractivity contribution in [2.45, 2.75) is 20.4 Å². The van der Waals surface area contributed by atoms with Crippen LogP contribution in [0.4, 0.5) is 14.9 Å². The smallest absolute Gasteiger partial charge is 0.293 e. The predicted octanol–water partition coefficient (Wildman–Crippen LogP) is 6.35. The average molecular weight is 525 g/mol. The second kappa shape index (κ2) is 11.0. The molecule has 0 radical (unpaired) electrons. The second-order valence-corrected chi connectivity index (χ2v) is 9.58. The molecule has 1 heterocycles. The van der Waals surface area contributed by atoms with Crippen molar-refractivity contribution >= 4 is 52.2 Å². The molecule has 4 rings (SSSR count). The van der Waals surface area contributed by atoms with E-state index >= 15 is 0 Å². The van der Waals surface area contributed by atoms with Crippen molar-refractivity contribution in [1.29, 1.82) is 0 Å². The SMILES string of the molecule is Cc1ccc(NC(=O)COc2cccc(/C=C3\SC(=O)N(Cc4c(F)cccc4Cl)C3=O)c2)cc1C. The Morgan fingerprint density at radius 1 is 1.08 bits per heavy atom. The summed E-state index contributed by atoms with van der Waals surface area (Å²) in [6.07, 6.45) is 1.55. The standard InChI is InChI=1S/C27H22ClFN2O4S/c1-16-9-10-19(11-17(16)2)30-25(32)15-35-20-6-3-5-18(12-20)13-24-26(33)31(27(34)36-24)14-21-22(28)7-4-8-23(21)29/h3-13H,14-15H2,1-2H3,(H,30,32)/b24-13-. The number of thioether (sulfide) groups is 1. The highest BCUT2D eigenvalue weighted by molar-refractivity contribution is 8.18. The highest BCUT2D eigenvalue weighted by Crippen LogP contribution is 2.35. The van der Waals surface area contributed by atoms with Gasteiger partial charge in [0.25, 0.3) is 17.1 Å². The van der Waals surface area contributed by atoms with Gasteiger partial charge < -0.3 is 10.1 Å². The van der Waals surface area contributed by atoms with E-state index in [-0.39, 0.29) is 34.6 Å². The van der Waals surface area contributed by atoms with Gasteiger partial charge in [0.05, 0.1) is 11.4 Å². The summed E-state index contributed by atoms with van der Waals surface area (Å²) >= 11 is 6.81. The molecule has 0 aliphatic carbocycles. The summed E-state index contributed by atoms with van der Waals surface area (Å²) in [5, 5.41) is 2.42. The van der Waals surface area contributed by atoms with E-state index in [4.69, 9.17) is 16.3 Å². The summed E-state index contributed by atoms with van der Waals surface area (Å²) in [4.78, 5) is 38.7. The van der Waals surface area contributed by atoms with E-state index in [1.54, 1.807) is 30.3 Å². The number of benzene rings is 3. The predicted molar refractivity (Wildman–Crippen MR) is 139 cm³/mol. The molecule has 1 aliphatic rings. The second-order valence-electron chi connectivity index (χ2n) is 8.18. The van der Waals surface area contributed by atoms with Crippen molar-refractivity contribution in [1.82, 2.24) is 4.90 Å². The molecule has 0 saturated carbocycles. The number of aryl methyl sites for hydroxylation is 2. The zero-order valence-corrected chi connectivity index (χ0v) is 21.1. The molecule has 36 heavy (non-hydrogen) atoms. The van der Waals surface area contributed by atoms with Crippen LogP contribution in [0.15, 0.2) is 65.6 Å². The number of carbonyl (C=O) groups is 3. The van der Waals surface area contributed by atoms with Gasteiger partial charge in [0.15, 0.2) is 6.61 Å². The maximum Gasteiger partial charge on any atom is 0.293 e. The lowest BCUT2D eigenvalue weighted by molar-refractivity contribution is -0.123. The van der Waals surface area contributed by atoms with E-state index in [0.29, 0.717) is 17.0 Å². The van der Waals surface area contributed by atoms with E-state index in [0.717, 1.165) is 27.8 Å². The van der Waals surface area contributed by atoms with Crippen LogP contribution < -0.4 is 10.1 Å². The lowest BCUT2D eigenvalue weighted by Crippen LogP contribution is -2.28. The minimum Gasteiger partial charge on any atom is -0.484 e. The molecule has 0 spiro atoms. The molecule has 0 aromatic heterocycles. The normalized spacial score (nSPS) is 14.4. The third kappa shape index (κ3) is 5.95. The number of nitrogens with zero attached hydrogens (tertiary/aromatic N) is 1. The van der Waals surface area contributed by atoms with Crippen LogP contribution in [0.2, 0.25) is 5.02 Å². The fourth-order valence-electron chi connectivity index (χ4n) is 3.49. The van der Waals surface area contributed by atoms with E-state index in [2.05, 4.69) is 5.32 Å². The number of nitrogens with one attached hydrogen (secondary N) is 1. The van der Waals surface area contributed by atoms with Gasteiger partial charge in [-0.2, -0.15) is 0 Å². The maximum absolute atomic E-state index is 14.1. The fraction of sp³-hybridized carbons (Fsp3) is 0.148. The van der Waals surface area contributed by atoms with Crippen molar-refractivity contribution in [3.8, 4) is 5.75 Å². The van der Waals surface area contributed by atoms with Crippen molar-refractivity contribution < 1.29 is 23.5 Å². The number of ether oxygens (including phenoxy) is 1. The maximum atomic E-state index is 14.1. The van der Waals surface area contributed by atoms with Crippen LogP contribution in [0, 0.1) is 19.7 Å². The number of imide groups is 1. The third-order valence-corrected chi connectivity index (χ3v) is 6.83. The Labute approximate surface area is 217 Å². The van der Waals surface area contributed by atoms with E-state index < -0.39 is 17.0 Å². The summed E-state index contributed by atoms with van der Waals surface area (Å²) in [6.45, 7) is 3.51. The number of rotatable bonds is 7. The number of anilines is 1. The van der Waals surface area contributed by atoms with Gasteiger partial charge in [0.1, 0.15) is 11.6 Å². The molecular weight excluding hydrogens is 503 g/mol. The van der Waals surface area contributed by atoms with Crippen LogP contribution in [-0.4, -0.2) is 28.6 Å². The molecule has 0 unspecified atom stereocenters. The zero-order chi connectivity index (χ0) is 25.8. The molecule has 184 valence electrons. The average Bonchev–Trinajstić information content (AvgIpc) is 3.10. The van der Waals surface area contributed by atoms with Crippen LogP contribution in [0.5, 0.6) is 5.75 Å². The Morgan fingerprint density at radius 2 is 1.86 bits per heavy atom. The summed E-state index contributed by atoms with van der Waals surface area (Å²) in [5.74, 6) is -1.01. The van der Waals surface area contributed by atoms with Crippen molar-refractivity contribution in [3.63, 3.8) is 0 Å². The lowest BCUT2D eigenvalue weighted by Gasteiger charge is -2.14. The largest absolute Gasteiger partial charge is 0.484 e. The molecule has 0 bridgehead atoms. The summed E-state index contributed by atoms with van der Waals surface area (Å²) in [5.41, 5.74) is 3.58. The first kappa shape index (κ1) is 25.5. The van der Waals surface area contributed by atoms with Gasteiger partial charge in [-0.15, -0.1) is 0 Å². The quantitative estimate of drug-likeness (QED) is 0.364. The van der Waals surface area contributed by atoms with Gasteiger partial charge in [0.2, 0.25) is 0 Å². The molecule has 3 aromatic rings. The summed E-state index contributed by atoms with van der Waals surface area (Å²) in [6, 6.07) is 16.6. The van der Waals surface area contributed by atoms with Crippen molar-refractivity contribution in [2.24, 2.45) is 0 Å². The van der Waals surface area contributed by atoms with Gasteiger partial charge in [-0.05, 0) is 84.8 Å². The summed E-state index contributed by atoms with van der Waals surface area (Å²) < 4.78 is 19.7. The number of carbonyl (C=O) groups excluding carboxylic acids is 3. The van der Waals surface area contributed by atoms with Crippen LogP contribution >= 0.6 is 23.4 Å². The first-order chi connectivity index (χ1) is 17.2. The van der Waals surface area contributed by atoms with Crippen LogP contribution in [0.3, 0.4) is 0 Å². The molecule has 3 amide bonds. The van der Waals surface area contributed by atoms with Crippen LogP contribution in [-0.2, 0) is 16.1 Å². The number of hydrogen-bond donors (Lipinski definition) is 1. The van der Waals surface area contributed by atoms with Crippen LogP contribution in [0.25, 0.3) is 6.08 Å². The molecule has 9 heteroatoms. The number of amides is 3. The molecule has 1 saturated heterocycles. The molecular formula is C27H22ClFN2O4S. The first-order valence-corrected chi connectivity index (χ1v) is 12.2. The molecule has 6 nitrogen and oxygen atoms in total. The Balaban J connectivity index is 1.40. The first-order valence-electron chi connectivity index (χ1n) is 11.0. The topological polar surface area (TPSA) is 75.7 Å². The lowest BCUT2D eigenvalue weighted by atomic mass is 10.1. The highest BCUT2D eigenvalue weighted by atomic mass is 35.5. The minimum atomic E-state index is -0.586. The van der Waals surface area contributed by atoms with Gasteiger partial charge >= 0.3 is 0 Å².